The van der Waals surface area contributed by atoms with Crippen LogP contribution in [0.1, 0.15) is 13.8 Å². The number of rotatable bonds is 4. The van der Waals surface area contributed by atoms with Crippen molar-refractivity contribution in [3.8, 4) is 0 Å². The van der Waals surface area contributed by atoms with E-state index in [1.807, 2.05) is 0 Å². The molecule has 0 saturated carbocycles. The first-order chi connectivity index (χ1) is 10.3. The van der Waals surface area contributed by atoms with Gasteiger partial charge >= 0.3 is 5.97 Å². The number of carbonyl (C=O) groups excluding carboxylic acids is 2. The Morgan fingerprint density at radius 1 is 1.50 bits per heavy atom. The molecule has 1 aromatic rings. The zero-order chi connectivity index (χ0) is 16.1. The molecule has 2 aliphatic heterocycles. The monoisotopic (exact) mass is 325 g/mol. The van der Waals surface area contributed by atoms with Crippen molar-refractivity contribution in [3.05, 3.63) is 12.4 Å². The summed E-state index contributed by atoms with van der Waals surface area (Å²) in [5.74, 6) is -1.75. The fourth-order valence-electron chi connectivity index (χ4n) is 2.83. The summed E-state index contributed by atoms with van der Waals surface area (Å²) in [5.41, 5.74) is 0. The summed E-state index contributed by atoms with van der Waals surface area (Å²) in [4.78, 5) is 36.8. The number of thioether (sulfide) groups is 1. The molecule has 2 aliphatic rings. The minimum absolute atomic E-state index is 0.0348. The maximum Gasteiger partial charge on any atom is 0.327 e. The summed E-state index contributed by atoms with van der Waals surface area (Å²) >= 11 is 1.39. The smallest absolute Gasteiger partial charge is 0.327 e. The maximum absolute atomic E-state index is 12.2. The van der Waals surface area contributed by atoms with Crippen LogP contribution in [0.3, 0.4) is 0 Å². The molecule has 0 spiro atoms. The minimum atomic E-state index is -1.03. The Balaban J connectivity index is 1.67. The van der Waals surface area contributed by atoms with E-state index in [0.717, 1.165) is 0 Å². The Hall–Kier alpha value is -2.10. The van der Waals surface area contributed by atoms with Gasteiger partial charge in [-0.3, -0.25) is 9.59 Å². The zero-order valence-electron chi connectivity index (χ0n) is 12.0. The Morgan fingerprint density at radius 3 is 2.82 bits per heavy atom. The molecule has 118 valence electrons. The molecule has 22 heavy (non-hydrogen) atoms. The normalized spacial score (nSPS) is 28.9. The summed E-state index contributed by atoms with van der Waals surface area (Å²) < 4.78 is 0.750. The first-order valence-electron chi connectivity index (χ1n) is 6.67. The molecule has 2 N–H and O–H groups in total. The average Bonchev–Trinajstić information content (AvgIpc) is 3.00. The quantitative estimate of drug-likeness (QED) is 0.675. The third-order valence-electron chi connectivity index (χ3n) is 3.77. The van der Waals surface area contributed by atoms with Gasteiger partial charge in [0.25, 0.3) is 0 Å². The SMILES string of the molecule is CC1(C)S[C@@H]2[C@H](NC(=O)Cn3ccnn3)C(=O)N2[C@H]1C(=O)O. The Kier molecular flexibility index (Phi) is 3.35. The van der Waals surface area contributed by atoms with E-state index in [4.69, 9.17) is 0 Å². The van der Waals surface area contributed by atoms with E-state index in [2.05, 4.69) is 15.6 Å². The van der Waals surface area contributed by atoms with Gasteiger partial charge in [0.05, 0.1) is 6.20 Å². The first kappa shape index (κ1) is 14.8. The van der Waals surface area contributed by atoms with Gasteiger partial charge in [-0.1, -0.05) is 5.21 Å². The Labute approximate surface area is 130 Å². The van der Waals surface area contributed by atoms with Gasteiger partial charge in [0.15, 0.2) is 0 Å². The van der Waals surface area contributed by atoms with Gasteiger partial charge in [-0.05, 0) is 13.8 Å². The Bertz CT molecular complexity index is 631. The number of hydrogen-bond acceptors (Lipinski definition) is 6. The lowest BCUT2D eigenvalue weighted by atomic mass is 9.96. The molecule has 3 atom stereocenters. The highest BCUT2D eigenvalue weighted by Crippen LogP contribution is 2.50. The molecular formula is C12H15N5O4S. The van der Waals surface area contributed by atoms with Crippen LogP contribution in [0.25, 0.3) is 0 Å². The summed E-state index contributed by atoms with van der Waals surface area (Å²) in [6.07, 6.45) is 3.00. The van der Waals surface area contributed by atoms with Crippen molar-refractivity contribution < 1.29 is 19.5 Å². The van der Waals surface area contributed by atoms with Gasteiger partial charge in [-0.2, -0.15) is 0 Å². The van der Waals surface area contributed by atoms with Gasteiger partial charge < -0.3 is 15.3 Å². The van der Waals surface area contributed by atoms with Crippen LogP contribution in [0, 0.1) is 0 Å². The van der Waals surface area contributed by atoms with Crippen molar-refractivity contribution >= 4 is 29.5 Å². The number of hydrogen-bond donors (Lipinski definition) is 2. The molecule has 0 bridgehead atoms. The number of carbonyl (C=O) groups is 3. The van der Waals surface area contributed by atoms with Crippen LogP contribution in [-0.2, 0) is 20.9 Å². The number of β-lactam (4-membered cyclic amide) rings is 1. The minimum Gasteiger partial charge on any atom is -0.480 e. The lowest BCUT2D eigenvalue weighted by Gasteiger charge is -2.43. The highest BCUT2D eigenvalue weighted by molar-refractivity contribution is 8.01. The van der Waals surface area contributed by atoms with Gasteiger partial charge in [-0.25, -0.2) is 9.48 Å². The standard InChI is InChI=1S/C12H15N5O4S/c1-12(2)8(11(20)21)17-9(19)7(10(17)22-12)14-6(18)5-16-4-3-13-15-16/h3-4,7-8,10H,5H2,1-2H3,(H,14,18)(H,20,21)/t7-,8+,10-/m1/s1. The average molecular weight is 325 g/mol. The Morgan fingerprint density at radius 2 is 2.23 bits per heavy atom. The molecule has 3 rings (SSSR count). The fourth-order valence-corrected chi connectivity index (χ4v) is 4.45. The largest absolute Gasteiger partial charge is 0.480 e. The lowest BCUT2D eigenvalue weighted by Crippen LogP contribution is -2.70. The van der Waals surface area contributed by atoms with Crippen molar-refractivity contribution in [2.75, 3.05) is 0 Å². The fraction of sp³-hybridized carbons (Fsp3) is 0.583. The van der Waals surface area contributed by atoms with Crippen molar-refractivity contribution in [1.29, 1.82) is 0 Å². The van der Waals surface area contributed by atoms with Crippen LogP contribution in [-0.4, -0.2) is 65.0 Å². The van der Waals surface area contributed by atoms with Crippen molar-refractivity contribution in [3.63, 3.8) is 0 Å². The number of aromatic nitrogens is 3. The van der Waals surface area contributed by atoms with Gasteiger partial charge in [0.2, 0.25) is 11.8 Å². The van der Waals surface area contributed by atoms with E-state index >= 15 is 0 Å². The topological polar surface area (TPSA) is 117 Å². The second-order valence-corrected chi connectivity index (χ2v) is 7.51. The molecular weight excluding hydrogens is 310 g/mol. The second-order valence-electron chi connectivity index (χ2n) is 5.74. The van der Waals surface area contributed by atoms with Crippen molar-refractivity contribution in [2.45, 2.75) is 42.6 Å². The third-order valence-corrected chi connectivity index (χ3v) is 5.34. The summed E-state index contributed by atoms with van der Waals surface area (Å²) in [6.45, 7) is 3.54. The number of fused-ring (bicyclic) bond motifs is 1. The number of carboxylic acids is 1. The molecule has 1 aromatic heterocycles. The lowest BCUT2D eigenvalue weighted by molar-refractivity contribution is -0.161. The number of carboxylic acid groups (broad SMARTS) is 1. The van der Waals surface area contributed by atoms with Crippen LogP contribution in [0.4, 0.5) is 0 Å². The summed E-state index contributed by atoms with van der Waals surface area (Å²) in [6, 6.07) is -1.57. The molecule has 3 heterocycles. The van der Waals surface area contributed by atoms with Gasteiger partial charge in [-0.15, -0.1) is 16.9 Å². The molecule has 2 amide bonds. The molecule has 0 aromatic carbocycles. The van der Waals surface area contributed by atoms with E-state index in [1.54, 1.807) is 20.0 Å². The van der Waals surface area contributed by atoms with E-state index in [0.29, 0.717) is 0 Å². The van der Waals surface area contributed by atoms with Crippen LogP contribution >= 0.6 is 11.8 Å². The number of amides is 2. The molecule has 0 radical (unpaired) electrons. The summed E-state index contributed by atoms with van der Waals surface area (Å²) in [7, 11) is 0. The number of nitrogens with one attached hydrogen (secondary N) is 1. The summed E-state index contributed by atoms with van der Waals surface area (Å²) in [5, 5.41) is 18.9. The van der Waals surface area contributed by atoms with E-state index in [1.165, 1.54) is 27.5 Å². The van der Waals surface area contributed by atoms with Crippen molar-refractivity contribution in [1.82, 2.24) is 25.2 Å². The highest BCUT2D eigenvalue weighted by atomic mass is 32.2. The second kappa shape index (κ2) is 4.97. The van der Waals surface area contributed by atoms with E-state index in [-0.39, 0.29) is 23.7 Å². The molecule has 2 fully saturated rings. The number of nitrogens with zero attached hydrogens (tertiary/aromatic N) is 4. The highest BCUT2D eigenvalue weighted by Gasteiger charge is 2.64. The maximum atomic E-state index is 12.2. The third kappa shape index (κ3) is 2.23. The van der Waals surface area contributed by atoms with E-state index < -0.39 is 22.8 Å². The predicted octanol–water partition coefficient (Wildman–Crippen LogP) is -1.09. The van der Waals surface area contributed by atoms with Crippen LogP contribution in [0.15, 0.2) is 12.4 Å². The van der Waals surface area contributed by atoms with Crippen molar-refractivity contribution in [2.24, 2.45) is 0 Å². The first-order valence-corrected chi connectivity index (χ1v) is 7.55. The van der Waals surface area contributed by atoms with Crippen LogP contribution in [0.5, 0.6) is 0 Å². The van der Waals surface area contributed by atoms with Gasteiger partial charge in [0, 0.05) is 10.9 Å². The van der Waals surface area contributed by atoms with Crippen LogP contribution < -0.4 is 5.32 Å². The van der Waals surface area contributed by atoms with Gasteiger partial charge in [0.1, 0.15) is 24.0 Å². The predicted molar refractivity (Wildman–Crippen MR) is 75.7 cm³/mol. The number of aliphatic carboxylic acids is 1. The molecule has 9 nitrogen and oxygen atoms in total. The molecule has 0 aliphatic carbocycles. The van der Waals surface area contributed by atoms with E-state index in [9.17, 15) is 19.5 Å². The van der Waals surface area contributed by atoms with Crippen LogP contribution in [0.2, 0.25) is 0 Å². The molecule has 2 saturated heterocycles. The zero-order valence-corrected chi connectivity index (χ0v) is 12.8. The molecule has 0 unspecified atom stereocenters. The molecule has 10 heteroatoms.